The van der Waals surface area contributed by atoms with E-state index in [1.165, 1.54) is 12.0 Å². The van der Waals surface area contributed by atoms with Crippen molar-refractivity contribution in [2.45, 2.75) is 25.3 Å². The number of aryl methyl sites for hydroxylation is 1. The third-order valence-corrected chi connectivity index (χ3v) is 4.40. The van der Waals surface area contributed by atoms with Gasteiger partial charge >= 0.3 is 0 Å². The molecule has 21 heavy (non-hydrogen) atoms. The van der Waals surface area contributed by atoms with E-state index in [4.69, 9.17) is 22.1 Å². The molecule has 1 heterocycles. The van der Waals surface area contributed by atoms with Crippen molar-refractivity contribution >= 4 is 23.4 Å². The Morgan fingerprint density at radius 1 is 1.48 bits per heavy atom. The van der Waals surface area contributed by atoms with Crippen LogP contribution in [0.1, 0.15) is 28.8 Å². The predicted octanol–water partition coefficient (Wildman–Crippen LogP) is 1.75. The Balaban J connectivity index is 2.36. The number of hydrogen-bond acceptors (Lipinski definition) is 3. The van der Waals surface area contributed by atoms with Gasteiger partial charge < -0.3 is 15.4 Å². The highest BCUT2D eigenvalue weighted by Crippen LogP contribution is 2.31. The maximum atomic E-state index is 12.7. The zero-order valence-electron chi connectivity index (χ0n) is 12.2. The number of likely N-dealkylation sites (tertiary alicyclic amines) is 1. The average Bonchev–Trinajstić information content (AvgIpc) is 2.86. The maximum Gasteiger partial charge on any atom is 0.254 e. The number of nitrogens with zero attached hydrogens (tertiary/aromatic N) is 1. The van der Waals surface area contributed by atoms with Crippen LogP contribution in [0, 0.1) is 6.92 Å². The molecular formula is C15H19ClN2O3. The zero-order valence-corrected chi connectivity index (χ0v) is 12.9. The van der Waals surface area contributed by atoms with Gasteiger partial charge in [-0.15, -0.1) is 0 Å². The lowest BCUT2D eigenvalue weighted by atomic mass is 9.95. The molecule has 0 radical (unpaired) electrons. The van der Waals surface area contributed by atoms with Crippen LogP contribution in [-0.4, -0.2) is 42.5 Å². The van der Waals surface area contributed by atoms with Gasteiger partial charge in [0.1, 0.15) is 5.54 Å². The summed E-state index contributed by atoms with van der Waals surface area (Å²) in [5.74, 6) is -0.746. The minimum absolute atomic E-state index is 0.112. The van der Waals surface area contributed by atoms with E-state index < -0.39 is 11.4 Å². The summed E-state index contributed by atoms with van der Waals surface area (Å²) in [5, 5.41) is 0.603. The standard InChI is InChI=1S/C15H19ClN2O3/c1-10-8-11(4-5-12(10)16)13(19)18-7-3-6-15(18,9-21-2)14(17)20/h4-5,8H,3,6-7,9H2,1-2H3,(H2,17,20). The summed E-state index contributed by atoms with van der Waals surface area (Å²) in [6, 6.07) is 5.07. The third-order valence-electron chi connectivity index (χ3n) is 3.98. The summed E-state index contributed by atoms with van der Waals surface area (Å²) in [6.07, 6.45) is 1.25. The SMILES string of the molecule is COCC1(C(N)=O)CCCN1C(=O)c1ccc(Cl)c(C)c1. The van der Waals surface area contributed by atoms with Gasteiger partial charge in [0.05, 0.1) is 6.61 Å². The lowest BCUT2D eigenvalue weighted by Gasteiger charge is -2.35. The lowest BCUT2D eigenvalue weighted by molar-refractivity contribution is -0.130. The normalized spacial score (nSPS) is 21.6. The van der Waals surface area contributed by atoms with Gasteiger partial charge in [0.25, 0.3) is 5.91 Å². The predicted molar refractivity (Wildman–Crippen MR) is 80.3 cm³/mol. The van der Waals surface area contributed by atoms with Crippen molar-refractivity contribution in [2.75, 3.05) is 20.3 Å². The van der Waals surface area contributed by atoms with E-state index in [9.17, 15) is 9.59 Å². The molecule has 1 aromatic carbocycles. The van der Waals surface area contributed by atoms with Gasteiger partial charge in [-0.1, -0.05) is 11.6 Å². The van der Waals surface area contributed by atoms with Gasteiger partial charge in [0, 0.05) is 24.2 Å². The quantitative estimate of drug-likeness (QED) is 0.921. The average molecular weight is 311 g/mol. The first-order valence-electron chi connectivity index (χ1n) is 6.79. The minimum atomic E-state index is -1.06. The number of nitrogens with two attached hydrogens (primary N) is 1. The van der Waals surface area contributed by atoms with E-state index in [0.29, 0.717) is 23.6 Å². The highest BCUT2D eigenvalue weighted by atomic mass is 35.5. The summed E-state index contributed by atoms with van der Waals surface area (Å²) in [6.45, 7) is 2.44. The number of ether oxygens (including phenoxy) is 1. The summed E-state index contributed by atoms with van der Waals surface area (Å²) >= 11 is 5.98. The van der Waals surface area contributed by atoms with Crippen molar-refractivity contribution in [1.29, 1.82) is 0 Å². The summed E-state index contributed by atoms with van der Waals surface area (Å²) in [4.78, 5) is 26.2. The molecule has 0 aromatic heterocycles. The molecule has 1 aliphatic rings. The molecule has 1 atom stereocenters. The van der Waals surface area contributed by atoms with E-state index in [1.807, 2.05) is 6.92 Å². The van der Waals surface area contributed by atoms with Crippen LogP contribution in [-0.2, 0) is 9.53 Å². The second kappa shape index (κ2) is 6.03. The summed E-state index contributed by atoms with van der Waals surface area (Å²) < 4.78 is 5.13. The van der Waals surface area contributed by atoms with Crippen LogP contribution in [0.4, 0.5) is 0 Å². The van der Waals surface area contributed by atoms with Gasteiger partial charge in [-0.3, -0.25) is 9.59 Å². The Morgan fingerprint density at radius 3 is 2.76 bits per heavy atom. The van der Waals surface area contributed by atoms with E-state index >= 15 is 0 Å². The molecular weight excluding hydrogens is 292 g/mol. The molecule has 1 saturated heterocycles. The maximum absolute atomic E-state index is 12.7. The van der Waals surface area contributed by atoms with Crippen LogP contribution >= 0.6 is 11.6 Å². The topological polar surface area (TPSA) is 72.6 Å². The first-order valence-corrected chi connectivity index (χ1v) is 7.17. The Bertz CT molecular complexity index is 576. The number of hydrogen-bond donors (Lipinski definition) is 1. The highest BCUT2D eigenvalue weighted by molar-refractivity contribution is 6.31. The molecule has 0 saturated carbocycles. The molecule has 5 nitrogen and oxygen atoms in total. The molecule has 0 bridgehead atoms. The van der Waals surface area contributed by atoms with Crippen LogP contribution < -0.4 is 5.73 Å². The monoisotopic (exact) mass is 310 g/mol. The van der Waals surface area contributed by atoms with E-state index in [-0.39, 0.29) is 12.5 Å². The van der Waals surface area contributed by atoms with E-state index in [2.05, 4.69) is 0 Å². The Hall–Kier alpha value is -1.59. The van der Waals surface area contributed by atoms with Crippen molar-refractivity contribution in [1.82, 2.24) is 4.90 Å². The van der Waals surface area contributed by atoms with Crippen LogP contribution in [0.15, 0.2) is 18.2 Å². The summed E-state index contributed by atoms with van der Waals surface area (Å²) in [5.41, 5.74) is 5.81. The lowest BCUT2D eigenvalue weighted by Crippen LogP contribution is -2.58. The fourth-order valence-corrected chi connectivity index (χ4v) is 2.94. The first-order chi connectivity index (χ1) is 9.92. The van der Waals surface area contributed by atoms with Crippen molar-refractivity contribution in [3.05, 3.63) is 34.3 Å². The van der Waals surface area contributed by atoms with Crippen molar-refractivity contribution < 1.29 is 14.3 Å². The number of primary amides is 1. The molecule has 0 aliphatic carbocycles. The van der Waals surface area contributed by atoms with Crippen LogP contribution in [0.3, 0.4) is 0 Å². The number of amides is 2. The highest BCUT2D eigenvalue weighted by Gasteiger charge is 2.48. The van der Waals surface area contributed by atoms with Crippen molar-refractivity contribution in [3.63, 3.8) is 0 Å². The fraction of sp³-hybridized carbons (Fsp3) is 0.467. The van der Waals surface area contributed by atoms with Crippen molar-refractivity contribution in [2.24, 2.45) is 5.73 Å². The Kier molecular flexibility index (Phi) is 4.54. The third kappa shape index (κ3) is 2.76. The largest absolute Gasteiger partial charge is 0.382 e. The van der Waals surface area contributed by atoms with E-state index in [1.54, 1.807) is 18.2 Å². The fourth-order valence-electron chi connectivity index (χ4n) is 2.82. The second-order valence-electron chi connectivity index (χ2n) is 5.35. The van der Waals surface area contributed by atoms with Gasteiger partial charge in [0.15, 0.2) is 0 Å². The summed E-state index contributed by atoms with van der Waals surface area (Å²) in [7, 11) is 1.50. The molecule has 2 N–H and O–H groups in total. The molecule has 114 valence electrons. The molecule has 6 heteroatoms. The second-order valence-corrected chi connectivity index (χ2v) is 5.76. The van der Waals surface area contributed by atoms with Gasteiger partial charge in [-0.2, -0.15) is 0 Å². The van der Waals surface area contributed by atoms with Crippen LogP contribution in [0.2, 0.25) is 5.02 Å². The van der Waals surface area contributed by atoms with Crippen LogP contribution in [0.25, 0.3) is 0 Å². The molecule has 0 spiro atoms. The first kappa shape index (κ1) is 15.8. The number of carbonyl (C=O) groups is 2. The molecule has 2 rings (SSSR count). The van der Waals surface area contributed by atoms with E-state index in [0.717, 1.165) is 12.0 Å². The van der Waals surface area contributed by atoms with Gasteiger partial charge in [-0.05, 0) is 43.5 Å². The molecule has 2 amide bonds. The number of benzene rings is 1. The smallest absolute Gasteiger partial charge is 0.254 e. The van der Waals surface area contributed by atoms with Gasteiger partial charge in [-0.25, -0.2) is 0 Å². The van der Waals surface area contributed by atoms with Crippen LogP contribution in [0.5, 0.6) is 0 Å². The minimum Gasteiger partial charge on any atom is -0.382 e. The number of rotatable bonds is 4. The number of halogens is 1. The number of carbonyl (C=O) groups excluding carboxylic acids is 2. The Labute approximate surface area is 129 Å². The van der Waals surface area contributed by atoms with Crippen molar-refractivity contribution in [3.8, 4) is 0 Å². The zero-order chi connectivity index (χ0) is 15.6. The molecule has 1 aliphatic heterocycles. The molecule has 1 aromatic rings. The Morgan fingerprint density at radius 2 is 2.19 bits per heavy atom. The van der Waals surface area contributed by atoms with Gasteiger partial charge in [0.2, 0.25) is 5.91 Å². The molecule has 1 fully saturated rings. The number of methoxy groups -OCH3 is 1. The molecule has 1 unspecified atom stereocenters.